The van der Waals surface area contributed by atoms with Crippen LogP contribution in [0.5, 0.6) is 0 Å². The first kappa shape index (κ1) is 19.6. The fourth-order valence-corrected chi connectivity index (χ4v) is 2.74. The van der Waals surface area contributed by atoms with E-state index in [0.29, 0.717) is 6.07 Å². The molecule has 3 rings (SSSR count). The zero-order valence-corrected chi connectivity index (χ0v) is 14.8. The molecule has 148 valence electrons. The normalized spacial score (nSPS) is 11.8. The van der Waals surface area contributed by atoms with Crippen LogP contribution in [0.4, 0.5) is 23.6 Å². The van der Waals surface area contributed by atoms with Crippen LogP contribution in [0.1, 0.15) is 12.6 Å². The highest BCUT2D eigenvalue weighted by Gasteiger charge is 2.35. The summed E-state index contributed by atoms with van der Waals surface area (Å²) in [5.41, 5.74) is -5.94. The Balaban J connectivity index is 2.41. The maximum Gasteiger partial charge on any atom is 0.431 e. The summed E-state index contributed by atoms with van der Waals surface area (Å²) < 4.78 is 59.0. The van der Waals surface area contributed by atoms with Crippen LogP contribution in [0.25, 0.3) is 16.8 Å². The molecule has 3 aromatic rings. The number of hydrogen-bond donors (Lipinski definition) is 1. The van der Waals surface area contributed by atoms with Gasteiger partial charge in [-0.15, -0.1) is 0 Å². The first-order valence-corrected chi connectivity index (χ1v) is 7.76. The Morgan fingerprint density at radius 1 is 1.29 bits per heavy atom. The number of carbonyl (C=O) groups is 1. The Bertz CT molecular complexity index is 1240. The van der Waals surface area contributed by atoms with Crippen LogP contribution in [0.3, 0.4) is 0 Å². The number of anilines is 1. The number of rotatable bonds is 2. The van der Waals surface area contributed by atoms with E-state index in [4.69, 9.17) is 16.0 Å². The number of halogens is 5. The average molecular weight is 421 g/mol. The van der Waals surface area contributed by atoms with E-state index in [-0.39, 0.29) is 25.7 Å². The molecular formula is C15H9ClF4N4O4. The Morgan fingerprint density at radius 2 is 1.93 bits per heavy atom. The van der Waals surface area contributed by atoms with Gasteiger partial charge in [0.25, 0.3) is 5.56 Å². The van der Waals surface area contributed by atoms with Gasteiger partial charge in [-0.05, 0) is 6.07 Å². The lowest BCUT2D eigenvalue weighted by molar-refractivity contribution is -0.144. The van der Waals surface area contributed by atoms with Crippen molar-refractivity contribution >= 4 is 34.6 Å². The Morgan fingerprint density at radius 3 is 2.50 bits per heavy atom. The van der Waals surface area contributed by atoms with Gasteiger partial charge in [-0.25, -0.2) is 13.8 Å². The van der Waals surface area contributed by atoms with E-state index in [0.717, 1.165) is 14.0 Å². The summed E-state index contributed by atoms with van der Waals surface area (Å²) >= 11 is 5.87. The van der Waals surface area contributed by atoms with Crippen LogP contribution in [0.15, 0.2) is 26.1 Å². The molecule has 8 nitrogen and oxygen atoms in total. The summed E-state index contributed by atoms with van der Waals surface area (Å²) in [4.78, 5) is 39.6. The summed E-state index contributed by atoms with van der Waals surface area (Å²) in [5, 5.41) is 1.90. The average Bonchev–Trinajstić information content (AvgIpc) is 2.95. The lowest BCUT2D eigenvalue weighted by atomic mass is 10.2. The second kappa shape index (κ2) is 6.48. The minimum Gasteiger partial charge on any atom is -0.421 e. The molecular weight excluding hydrogens is 412 g/mol. The molecule has 0 aliphatic heterocycles. The van der Waals surface area contributed by atoms with Gasteiger partial charge in [0.05, 0.1) is 5.02 Å². The van der Waals surface area contributed by atoms with Gasteiger partial charge in [0.2, 0.25) is 5.91 Å². The maximum absolute atomic E-state index is 14.6. The number of hydrogen-bond acceptors (Lipinski definition) is 5. The lowest BCUT2D eigenvalue weighted by Gasteiger charge is -2.14. The molecule has 0 unspecified atom stereocenters. The topological polar surface area (TPSA) is 99.1 Å². The SMILES string of the molecule is CC(=O)Nc1nc2c(Cl)cc(F)c(-n3c(=O)cc(C(F)(F)F)n(C)c3=O)c2o1. The third-order valence-corrected chi connectivity index (χ3v) is 3.95. The highest BCUT2D eigenvalue weighted by atomic mass is 35.5. The molecule has 0 spiro atoms. The van der Waals surface area contributed by atoms with Crippen LogP contribution in [-0.4, -0.2) is 20.0 Å². The van der Waals surface area contributed by atoms with E-state index in [1.807, 2.05) is 0 Å². The van der Waals surface area contributed by atoms with E-state index >= 15 is 0 Å². The molecule has 1 aromatic carbocycles. The van der Waals surface area contributed by atoms with Gasteiger partial charge in [-0.2, -0.15) is 18.2 Å². The second-order valence-corrected chi connectivity index (χ2v) is 6.02. The highest BCUT2D eigenvalue weighted by Crippen LogP contribution is 2.33. The van der Waals surface area contributed by atoms with Crippen molar-refractivity contribution in [1.82, 2.24) is 14.1 Å². The molecule has 0 aliphatic rings. The minimum absolute atomic E-state index is 0.145. The number of benzene rings is 1. The van der Waals surface area contributed by atoms with Crippen LogP contribution in [0, 0.1) is 5.82 Å². The Kier molecular flexibility index (Phi) is 4.54. The standard InChI is InChI=1S/C15H9ClF4N4O4/c1-5(25)21-13-22-10-6(16)3-7(17)11(12(10)28-13)24-9(26)4-8(15(18,19)20)23(2)14(24)27/h3-4H,1-2H3,(H,21,22,25). The quantitative estimate of drug-likeness (QED) is 0.642. The molecule has 0 saturated carbocycles. The maximum atomic E-state index is 14.6. The molecule has 0 radical (unpaired) electrons. The first-order valence-electron chi connectivity index (χ1n) is 7.38. The summed E-state index contributed by atoms with van der Waals surface area (Å²) in [5.74, 6) is -1.81. The van der Waals surface area contributed by atoms with Crippen molar-refractivity contribution in [3.8, 4) is 5.69 Å². The van der Waals surface area contributed by atoms with E-state index < -0.39 is 52.1 Å². The van der Waals surface area contributed by atoms with E-state index in [1.54, 1.807) is 0 Å². The van der Waals surface area contributed by atoms with Crippen LogP contribution in [-0.2, 0) is 18.0 Å². The Hall–Kier alpha value is -3.15. The molecule has 13 heteroatoms. The van der Waals surface area contributed by atoms with Crippen molar-refractivity contribution < 1.29 is 26.8 Å². The number of alkyl halides is 3. The fourth-order valence-electron chi connectivity index (χ4n) is 2.51. The van der Waals surface area contributed by atoms with E-state index in [1.165, 1.54) is 0 Å². The zero-order valence-electron chi connectivity index (χ0n) is 14.0. The van der Waals surface area contributed by atoms with Crippen molar-refractivity contribution in [3.63, 3.8) is 0 Å². The third kappa shape index (κ3) is 3.15. The van der Waals surface area contributed by atoms with Gasteiger partial charge < -0.3 is 4.42 Å². The van der Waals surface area contributed by atoms with Crippen molar-refractivity contribution in [3.05, 3.63) is 49.5 Å². The molecule has 28 heavy (non-hydrogen) atoms. The summed E-state index contributed by atoms with van der Waals surface area (Å²) in [7, 11) is 0.773. The minimum atomic E-state index is -4.98. The zero-order chi connectivity index (χ0) is 21.0. The molecule has 2 heterocycles. The van der Waals surface area contributed by atoms with Gasteiger partial charge in [-0.1, -0.05) is 11.6 Å². The van der Waals surface area contributed by atoms with Crippen molar-refractivity contribution in [1.29, 1.82) is 0 Å². The molecule has 0 bridgehead atoms. The molecule has 0 aliphatic carbocycles. The number of oxazole rings is 1. The number of nitrogens with one attached hydrogen (secondary N) is 1. The number of carbonyl (C=O) groups excluding carboxylic acids is 1. The summed E-state index contributed by atoms with van der Waals surface area (Å²) in [6, 6.07) is 0.447. The van der Waals surface area contributed by atoms with Gasteiger partial charge in [-0.3, -0.25) is 19.5 Å². The van der Waals surface area contributed by atoms with Gasteiger partial charge in [0, 0.05) is 20.0 Å². The van der Waals surface area contributed by atoms with Gasteiger partial charge in [0.1, 0.15) is 16.9 Å². The van der Waals surface area contributed by atoms with E-state index in [2.05, 4.69) is 10.3 Å². The largest absolute Gasteiger partial charge is 0.431 e. The van der Waals surface area contributed by atoms with Crippen molar-refractivity contribution in [2.75, 3.05) is 5.32 Å². The highest BCUT2D eigenvalue weighted by molar-refractivity contribution is 6.35. The van der Waals surface area contributed by atoms with Crippen LogP contribution >= 0.6 is 11.6 Å². The van der Waals surface area contributed by atoms with Crippen molar-refractivity contribution in [2.45, 2.75) is 13.1 Å². The summed E-state index contributed by atoms with van der Waals surface area (Å²) in [6.45, 7) is 1.13. The third-order valence-electron chi connectivity index (χ3n) is 3.67. The molecule has 1 N–H and O–H groups in total. The second-order valence-electron chi connectivity index (χ2n) is 5.61. The number of aromatic nitrogens is 3. The van der Waals surface area contributed by atoms with Crippen molar-refractivity contribution in [2.24, 2.45) is 7.05 Å². The Labute approximate surface area is 157 Å². The number of amides is 1. The molecule has 2 aromatic heterocycles. The lowest BCUT2D eigenvalue weighted by Crippen LogP contribution is -2.41. The fraction of sp³-hybridized carbons (Fsp3) is 0.200. The molecule has 1 amide bonds. The van der Waals surface area contributed by atoms with Gasteiger partial charge in [0.15, 0.2) is 11.4 Å². The monoisotopic (exact) mass is 420 g/mol. The smallest absolute Gasteiger partial charge is 0.421 e. The number of fused-ring (bicyclic) bond motifs is 1. The summed E-state index contributed by atoms with van der Waals surface area (Å²) in [6.07, 6.45) is -4.98. The van der Waals surface area contributed by atoms with Crippen LogP contribution in [0.2, 0.25) is 5.02 Å². The number of nitrogens with zero attached hydrogens (tertiary/aromatic N) is 3. The van der Waals surface area contributed by atoms with Gasteiger partial charge >= 0.3 is 17.9 Å². The molecule has 0 atom stereocenters. The molecule has 0 saturated heterocycles. The first-order chi connectivity index (χ1) is 12.9. The van der Waals surface area contributed by atoms with E-state index in [9.17, 15) is 31.9 Å². The predicted molar refractivity (Wildman–Crippen MR) is 89.1 cm³/mol. The predicted octanol–water partition coefficient (Wildman–Crippen LogP) is 2.45. The van der Waals surface area contributed by atoms with Crippen LogP contribution < -0.4 is 16.6 Å². The molecule has 0 fully saturated rings.